The lowest BCUT2D eigenvalue weighted by molar-refractivity contribution is -0.137. The Kier molecular flexibility index (Phi) is 2.81. The summed E-state index contributed by atoms with van der Waals surface area (Å²) in [4.78, 5) is 3.58. The molecular formula is C10H9F5N2. The van der Waals surface area contributed by atoms with Gasteiger partial charge in [-0.25, -0.2) is 8.78 Å². The molecule has 2 rings (SSSR count). The molecule has 1 aromatic rings. The van der Waals surface area contributed by atoms with Crippen molar-refractivity contribution in [3.05, 3.63) is 29.6 Å². The Morgan fingerprint density at radius 3 is 2.41 bits per heavy atom. The van der Waals surface area contributed by atoms with E-state index in [2.05, 4.69) is 10.3 Å². The third-order valence-corrected chi connectivity index (χ3v) is 2.58. The predicted octanol–water partition coefficient (Wildman–Crippen LogP) is 2.77. The van der Waals surface area contributed by atoms with Gasteiger partial charge in [0, 0.05) is 12.6 Å². The third kappa shape index (κ3) is 2.71. The van der Waals surface area contributed by atoms with Crippen LogP contribution in [0.3, 0.4) is 0 Å². The van der Waals surface area contributed by atoms with Gasteiger partial charge in [-0.1, -0.05) is 0 Å². The number of pyridine rings is 1. The normalized spacial score (nSPS) is 23.9. The summed E-state index contributed by atoms with van der Waals surface area (Å²) in [5.41, 5.74) is -0.679. The standard InChI is InChI=1S/C10H9F5N2/c11-9(12)3-8(17-5-9)7-2-1-6(4-16-7)10(13,14)15/h1-2,4,8,17H,3,5H2. The average Bonchev–Trinajstić information content (AvgIpc) is 2.58. The lowest BCUT2D eigenvalue weighted by Crippen LogP contribution is -2.19. The molecule has 1 unspecified atom stereocenters. The lowest BCUT2D eigenvalue weighted by Gasteiger charge is -2.11. The fourth-order valence-corrected chi connectivity index (χ4v) is 1.70. The van der Waals surface area contributed by atoms with Crippen LogP contribution in [0, 0.1) is 0 Å². The average molecular weight is 252 g/mol. The van der Waals surface area contributed by atoms with Crippen LogP contribution < -0.4 is 5.32 Å². The number of nitrogens with one attached hydrogen (secondary N) is 1. The SMILES string of the molecule is FC1(F)CNC(c2ccc(C(F)(F)F)cn2)C1. The van der Waals surface area contributed by atoms with Crippen molar-refractivity contribution in [2.75, 3.05) is 6.54 Å². The Labute approximate surface area is 93.8 Å². The quantitative estimate of drug-likeness (QED) is 0.777. The predicted molar refractivity (Wildman–Crippen MR) is 49.5 cm³/mol. The van der Waals surface area contributed by atoms with Gasteiger partial charge in [-0.15, -0.1) is 0 Å². The Balaban J connectivity index is 2.14. The molecule has 0 bridgehead atoms. The highest BCUT2D eigenvalue weighted by Gasteiger charge is 2.40. The highest BCUT2D eigenvalue weighted by molar-refractivity contribution is 5.20. The molecule has 2 nitrogen and oxygen atoms in total. The maximum absolute atomic E-state index is 12.9. The van der Waals surface area contributed by atoms with E-state index < -0.39 is 36.7 Å². The maximum atomic E-state index is 12.9. The zero-order chi connectivity index (χ0) is 12.7. The van der Waals surface area contributed by atoms with Crippen LogP contribution in [0.15, 0.2) is 18.3 Å². The van der Waals surface area contributed by atoms with Crippen molar-refractivity contribution < 1.29 is 22.0 Å². The first-order valence-corrected chi connectivity index (χ1v) is 4.92. The summed E-state index contributed by atoms with van der Waals surface area (Å²) in [6.45, 7) is -0.472. The van der Waals surface area contributed by atoms with Gasteiger partial charge in [-0.05, 0) is 12.1 Å². The first-order chi connectivity index (χ1) is 7.78. The summed E-state index contributed by atoms with van der Waals surface area (Å²) < 4.78 is 62.5. The van der Waals surface area contributed by atoms with Crippen LogP contribution in [0.5, 0.6) is 0 Å². The number of hydrogen-bond acceptors (Lipinski definition) is 2. The molecule has 2 heterocycles. The van der Waals surface area contributed by atoms with E-state index in [1.807, 2.05) is 0 Å². The number of halogens is 5. The van der Waals surface area contributed by atoms with Gasteiger partial charge in [-0.2, -0.15) is 13.2 Å². The molecule has 1 fully saturated rings. The van der Waals surface area contributed by atoms with Crippen LogP contribution >= 0.6 is 0 Å². The van der Waals surface area contributed by atoms with E-state index in [1.165, 1.54) is 0 Å². The molecule has 0 spiro atoms. The second-order valence-electron chi connectivity index (χ2n) is 3.96. The van der Waals surface area contributed by atoms with Gasteiger partial charge in [0.25, 0.3) is 5.92 Å². The van der Waals surface area contributed by atoms with Gasteiger partial charge in [0.1, 0.15) is 0 Å². The van der Waals surface area contributed by atoms with Crippen LogP contribution in [0.1, 0.15) is 23.7 Å². The minimum atomic E-state index is -4.46. The van der Waals surface area contributed by atoms with Crippen molar-refractivity contribution in [1.29, 1.82) is 0 Å². The molecule has 0 saturated carbocycles. The Morgan fingerprint density at radius 1 is 1.29 bits per heavy atom. The van der Waals surface area contributed by atoms with Crippen molar-refractivity contribution in [2.24, 2.45) is 0 Å². The Morgan fingerprint density at radius 2 is 2.00 bits per heavy atom. The van der Waals surface area contributed by atoms with Crippen LogP contribution in [0.4, 0.5) is 22.0 Å². The van der Waals surface area contributed by atoms with Gasteiger partial charge in [0.15, 0.2) is 0 Å². The molecule has 0 aliphatic carbocycles. The topological polar surface area (TPSA) is 24.9 Å². The van der Waals surface area contributed by atoms with E-state index in [-0.39, 0.29) is 5.69 Å². The fourth-order valence-electron chi connectivity index (χ4n) is 1.70. The van der Waals surface area contributed by atoms with Crippen molar-refractivity contribution in [3.8, 4) is 0 Å². The number of hydrogen-bond donors (Lipinski definition) is 1. The monoisotopic (exact) mass is 252 g/mol. The van der Waals surface area contributed by atoms with Crippen molar-refractivity contribution in [3.63, 3.8) is 0 Å². The van der Waals surface area contributed by atoms with E-state index >= 15 is 0 Å². The maximum Gasteiger partial charge on any atom is 0.417 e. The van der Waals surface area contributed by atoms with Crippen molar-refractivity contribution in [2.45, 2.75) is 24.6 Å². The van der Waals surface area contributed by atoms with E-state index in [0.29, 0.717) is 6.20 Å². The third-order valence-electron chi connectivity index (χ3n) is 2.58. The van der Waals surface area contributed by atoms with Crippen LogP contribution in [-0.2, 0) is 6.18 Å². The van der Waals surface area contributed by atoms with E-state index in [1.54, 1.807) is 0 Å². The molecule has 0 radical (unpaired) electrons. The molecule has 7 heteroatoms. The van der Waals surface area contributed by atoms with Gasteiger partial charge >= 0.3 is 6.18 Å². The zero-order valence-electron chi connectivity index (χ0n) is 8.56. The molecule has 0 aromatic carbocycles. The Hall–Kier alpha value is -1.24. The molecule has 1 aromatic heterocycles. The molecule has 94 valence electrons. The molecule has 1 atom stereocenters. The minimum Gasteiger partial charge on any atom is -0.303 e. The van der Waals surface area contributed by atoms with Crippen LogP contribution in [0.2, 0.25) is 0 Å². The first-order valence-electron chi connectivity index (χ1n) is 4.92. The molecular weight excluding hydrogens is 243 g/mol. The summed E-state index contributed by atoms with van der Waals surface area (Å²) in [7, 11) is 0. The largest absolute Gasteiger partial charge is 0.417 e. The first kappa shape index (κ1) is 12.2. The summed E-state index contributed by atoms with van der Waals surface area (Å²) in [6, 6.07) is 1.29. The summed E-state index contributed by atoms with van der Waals surface area (Å²) in [6.07, 6.45) is -4.24. The van der Waals surface area contributed by atoms with Gasteiger partial charge in [0.05, 0.1) is 23.8 Å². The molecule has 1 aliphatic rings. The minimum absolute atomic E-state index is 0.204. The molecule has 1 aliphatic heterocycles. The van der Waals surface area contributed by atoms with Crippen LogP contribution in [0.25, 0.3) is 0 Å². The summed E-state index contributed by atoms with van der Waals surface area (Å²) in [5.74, 6) is -2.82. The van der Waals surface area contributed by atoms with Gasteiger partial charge in [-0.3, -0.25) is 4.98 Å². The van der Waals surface area contributed by atoms with Crippen LogP contribution in [-0.4, -0.2) is 17.5 Å². The van der Waals surface area contributed by atoms with Crippen molar-refractivity contribution in [1.82, 2.24) is 10.3 Å². The Bertz CT molecular complexity index is 398. The summed E-state index contributed by atoms with van der Waals surface area (Å²) in [5, 5.41) is 2.53. The highest BCUT2D eigenvalue weighted by atomic mass is 19.4. The second kappa shape index (κ2) is 3.90. The van der Waals surface area contributed by atoms with E-state index in [0.717, 1.165) is 12.1 Å². The molecule has 0 amide bonds. The molecule has 17 heavy (non-hydrogen) atoms. The lowest BCUT2D eigenvalue weighted by atomic mass is 10.1. The van der Waals surface area contributed by atoms with E-state index in [4.69, 9.17) is 0 Å². The van der Waals surface area contributed by atoms with Gasteiger partial charge in [0.2, 0.25) is 0 Å². The number of aromatic nitrogens is 1. The number of nitrogens with zero attached hydrogens (tertiary/aromatic N) is 1. The fraction of sp³-hybridized carbons (Fsp3) is 0.500. The van der Waals surface area contributed by atoms with E-state index in [9.17, 15) is 22.0 Å². The smallest absolute Gasteiger partial charge is 0.303 e. The molecule has 1 N–H and O–H groups in total. The van der Waals surface area contributed by atoms with Crippen molar-refractivity contribution >= 4 is 0 Å². The zero-order valence-corrected chi connectivity index (χ0v) is 8.56. The second-order valence-corrected chi connectivity index (χ2v) is 3.96. The highest BCUT2D eigenvalue weighted by Crippen LogP contribution is 2.34. The summed E-state index contributed by atoms with van der Waals surface area (Å²) >= 11 is 0. The molecule has 1 saturated heterocycles. The van der Waals surface area contributed by atoms with Gasteiger partial charge < -0.3 is 5.32 Å². The number of alkyl halides is 5. The number of rotatable bonds is 1.